The number of rotatable bonds is 5. The number of hydrogen-bond acceptors (Lipinski definition) is 2. The summed E-state index contributed by atoms with van der Waals surface area (Å²) in [5.74, 6) is 1.45. The van der Waals surface area contributed by atoms with Crippen molar-refractivity contribution in [2.75, 3.05) is 10.7 Å². The molecule has 0 N–H and O–H groups in total. The van der Waals surface area contributed by atoms with Crippen LogP contribution in [0, 0.1) is 5.92 Å². The van der Waals surface area contributed by atoms with Gasteiger partial charge in [-0.1, -0.05) is 25.6 Å². The predicted octanol–water partition coefficient (Wildman–Crippen LogP) is 5.30. The molecule has 3 heteroatoms. The van der Waals surface area contributed by atoms with Crippen LogP contribution in [0.3, 0.4) is 0 Å². The molecule has 0 bridgehead atoms. The fourth-order valence-corrected chi connectivity index (χ4v) is 3.91. The molecule has 1 aliphatic carbocycles. The molecular weight excluding hydrogens is 281 g/mol. The van der Waals surface area contributed by atoms with E-state index in [1.54, 1.807) is 0 Å². The molecule has 3 rings (SSSR count). The maximum atomic E-state index is 12.1. The fraction of sp³-hybridized carbons (Fsp3) is 0.556. The molecule has 114 valence electrons. The third-order valence-corrected chi connectivity index (χ3v) is 5.27. The molecule has 0 amide bonds. The molecule has 1 aromatic carbocycles. The zero-order valence-corrected chi connectivity index (χ0v) is 13.6. The third-order valence-electron chi connectivity index (χ3n) is 4.83. The number of benzene rings is 1. The lowest BCUT2D eigenvalue weighted by Gasteiger charge is -2.46. The van der Waals surface area contributed by atoms with E-state index in [9.17, 15) is 3.89 Å². The molecule has 1 fully saturated rings. The standard InChI is InChI=1S/C18H24FNS/c1-13-10-17(11-13)20-14(2)5-7-16-12-15(4-3-9-21-19)6-8-18(16)20/h6,8,12-13,17H,2-5,7,9-11H2,1H3. The Kier molecular flexibility index (Phi) is 4.58. The number of hydrogen-bond donors (Lipinski definition) is 0. The number of halogens is 1. The quantitative estimate of drug-likeness (QED) is 0.679. The Labute approximate surface area is 131 Å². The lowest BCUT2D eigenvalue weighted by Crippen LogP contribution is -2.45. The number of nitrogens with zero attached hydrogens (tertiary/aromatic N) is 1. The van der Waals surface area contributed by atoms with Crippen molar-refractivity contribution in [2.24, 2.45) is 5.92 Å². The van der Waals surface area contributed by atoms with Gasteiger partial charge in [0.2, 0.25) is 0 Å². The summed E-state index contributed by atoms with van der Waals surface area (Å²) in [4.78, 5) is 2.49. The lowest BCUT2D eigenvalue weighted by molar-refractivity contribution is 0.280. The highest BCUT2D eigenvalue weighted by Gasteiger charge is 2.34. The Balaban J connectivity index is 1.77. The molecule has 1 nitrogen and oxygen atoms in total. The SMILES string of the molecule is C=C1CCc2cc(CCCSF)ccc2N1C1CC(C)C1. The van der Waals surface area contributed by atoms with E-state index in [0.29, 0.717) is 23.9 Å². The Bertz CT molecular complexity index is 522. The second kappa shape index (κ2) is 6.43. The Morgan fingerprint density at radius 1 is 1.33 bits per heavy atom. The van der Waals surface area contributed by atoms with E-state index in [1.165, 1.54) is 35.4 Å². The van der Waals surface area contributed by atoms with Crippen LogP contribution in [0.2, 0.25) is 0 Å². The van der Waals surface area contributed by atoms with Gasteiger partial charge in [0.1, 0.15) is 0 Å². The highest BCUT2D eigenvalue weighted by atomic mass is 32.2. The van der Waals surface area contributed by atoms with Gasteiger partial charge in [0, 0.05) is 35.3 Å². The summed E-state index contributed by atoms with van der Waals surface area (Å²) in [6, 6.07) is 7.47. The van der Waals surface area contributed by atoms with Crippen molar-refractivity contribution in [3.8, 4) is 0 Å². The lowest BCUT2D eigenvalue weighted by atomic mass is 9.79. The van der Waals surface area contributed by atoms with Crippen LogP contribution in [0.25, 0.3) is 0 Å². The van der Waals surface area contributed by atoms with Crippen molar-refractivity contribution in [3.05, 3.63) is 41.6 Å². The van der Waals surface area contributed by atoms with Gasteiger partial charge in [-0.15, -0.1) is 0 Å². The van der Waals surface area contributed by atoms with Gasteiger partial charge in [0.25, 0.3) is 0 Å². The Morgan fingerprint density at radius 3 is 2.86 bits per heavy atom. The van der Waals surface area contributed by atoms with Crippen molar-refractivity contribution in [2.45, 2.75) is 51.5 Å². The maximum Gasteiger partial charge on any atom is 0.0443 e. The van der Waals surface area contributed by atoms with Gasteiger partial charge in [-0.2, -0.15) is 3.89 Å². The van der Waals surface area contributed by atoms with Gasteiger partial charge in [-0.3, -0.25) is 0 Å². The van der Waals surface area contributed by atoms with Crippen molar-refractivity contribution in [1.82, 2.24) is 0 Å². The summed E-state index contributed by atoms with van der Waals surface area (Å²) in [7, 11) is 0. The first-order chi connectivity index (χ1) is 10.2. The molecular formula is C18H24FNS. The summed E-state index contributed by atoms with van der Waals surface area (Å²) >= 11 is 0.445. The summed E-state index contributed by atoms with van der Waals surface area (Å²) in [6.45, 7) is 6.62. The van der Waals surface area contributed by atoms with Gasteiger partial charge < -0.3 is 4.90 Å². The minimum Gasteiger partial charge on any atom is -0.342 e. The van der Waals surface area contributed by atoms with Crippen LogP contribution in [-0.4, -0.2) is 11.8 Å². The zero-order chi connectivity index (χ0) is 14.8. The van der Waals surface area contributed by atoms with Crippen molar-refractivity contribution < 1.29 is 3.89 Å². The van der Waals surface area contributed by atoms with E-state index < -0.39 is 0 Å². The molecule has 2 aliphatic rings. The molecule has 1 aliphatic heterocycles. The average molecular weight is 305 g/mol. The molecule has 1 saturated carbocycles. The number of allylic oxidation sites excluding steroid dienone is 1. The molecule has 0 atom stereocenters. The summed E-state index contributed by atoms with van der Waals surface area (Å²) in [5.41, 5.74) is 5.44. The van der Waals surface area contributed by atoms with E-state index in [-0.39, 0.29) is 0 Å². The fourth-order valence-electron chi connectivity index (χ4n) is 3.66. The number of aryl methyl sites for hydroxylation is 2. The van der Waals surface area contributed by atoms with Crippen LogP contribution in [0.15, 0.2) is 30.5 Å². The van der Waals surface area contributed by atoms with Gasteiger partial charge in [0.15, 0.2) is 0 Å². The maximum absolute atomic E-state index is 12.1. The minimum absolute atomic E-state index is 0.445. The summed E-state index contributed by atoms with van der Waals surface area (Å²) in [6.07, 6.45) is 6.63. The van der Waals surface area contributed by atoms with Crippen LogP contribution in [0.5, 0.6) is 0 Å². The van der Waals surface area contributed by atoms with Crippen LogP contribution in [0.1, 0.15) is 43.7 Å². The highest BCUT2D eigenvalue weighted by molar-refractivity contribution is 7.94. The molecule has 0 aromatic heterocycles. The first kappa shape index (κ1) is 15.0. The topological polar surface area (TPSA) is 3.24 Å². The second-order valence-corrected chi connectivity index (χ2v) is 7.17. The van der Waals surface area contributed by atoms with Gasteiger partial charge in [-0.05, 0) is 61.6 Å². The summed E-state index contributed by atoms with van der Waals surface area (Å²) in [5, 5.41) is 0. The molecule has 0 saturated heterocycles. The van der Waals surface area contributed by atoms with Crippen LogP contribution in [0.4, 0.5) is 9.57 Å². The molecule has 1 aromatic rings. The van der Waals surface area contributed by atoms with Crippen LogP contribution in [-0.2, 0) is 12.8 Å². The van der Waals surface area contributed by atoms with E-state index in [4.69, 9.17) is 0 Å². The predicted molar refractivity (Wildman–Crippen MR) is 90.5 cm³/mol. The van der Waals surface area contributed by atoms with E-state index in [0.717, 1.165) is 31.6 Å². The Hall–Kier alpha value is -0.960. The van der Waals surface area contributed by atoms with E-state index in [1.807, 2.05) is 0 Å². The zero-order valence-electron chi connectivity index (χ0n) is 12.8. The number of anilines is 1. The molecule has 0 radical (unpaired) electrons. The van der Waals surface area contributed by atoms with Crippen molar-refractivity contribution in [3.63, 3.8) is 0 Å². The molecule has 0 spiro atoms. The first-order valence-electron chi connectivity index (χ1n) is 8.01. The molecule has 0 unspecified atom stereocenters. The average Bonchev–Trinajstić information content (AvgIpc) is 2.45. The minimum atomic E-state index is 0.445. The smallest absolute Gasteiger partial charge is 0.0443 e. The normalized spacial score (nSPS) is 24.7. The van der Waals surface area contributed by atoms with Gasteiger partial charge in [-0.25, -0.2) is 0 Å². The van der Waals surface area contributed by atoms with Gasteiger partial charge in [0.05, 0.1) is 0 Å². The van der Waals surface area contributed by atoms with E-state index in [2.05, 4.69) is 36.6 Å². The third kappa shape index (κ3) is 3.13. The van der Waals surface area contributed by atoms with Crippen molar-refractivity contribution >= 4 is 17.8 Å². The second-order valence-electron chi connectivity index (χ2n) is 6.55. The largest absolute Gasteiger partial charge is 0.342 e. The number of fused-ring (bicyclic) bond motifs is 1. The Morgan fingerprint density at radius 2 is 2.14 bits per heavy atom. The molecule has 21 heavy (non-hydrogen) atoms. The van der Waals surface area contributed by atoms with Crippen LogP contribution < -0.4 is 4.90 Å². The molecule has 1 heterocycles. The first-order valence-corrected chi connectivity index (χ1v) is 8.90. The monoisotopic (exact) mass is 305 g/mol. The van der Waals surface area contributed by atoms with E-state index >= 15 is 0 Å². The van der Waals surface area contributed by atoms with Crippen molar-refractivity contribution in [1.29, 1.82) is 0 Å². The highest BCUT2D eigenvalue weighted by Crippen LogP contribution is 2.41. The summed E-state index contributed by atoms with van der Waals surface area (Å²) < 4.78 is 12.1. The van der Waals surface area contributed by atoms with Gasteiger partial charge >= 0.3 is 0 Å². The van der Waals surface area contributed by atoms with Crippen LogP contribution >= 0.6 is 12.1 Å².